The maximum atomic E-state index is 12.8. The second-order valence-electron chi connectivity index (χ2n) is 7.38. The highest BCUT2D eigenvalue weighted by Crippen LogP contribution is 2.28. The van der Waals surface area contributed by atoms with Gasteiger partial charge in [0, 0.05) is 31.0 Å². The molecule has 7 nitrogen and oxygen atoms in total. The van der Waals surface area contributed by atoms with Gasteiger partial charge in [-0.25, -0.2) is 0 Å². The van der Waals surface area contributed by atoms with Gasteiger partial charge in [0.2, 0.25) is 10.3 Å². The van der Waals surface area contributed by atoms with E-state index in [0.717, 1.165) is 5.69 Å². The summed E-state index contributed by atoms with van der Waals surface area (Å²) >= 11 is 6.54. The fourth-order valence-corrected chi connectivity index (χ4v) is 4.93. The average Bonchev–Trinajstić information content (AvgIpc) is 3.07. The number of rotatable bonds is 9. The fourth-order valence-electron chi connectivity index (χ4n) is 3.49. The van der Waals surface area contributed by atoms with Crippen molar-refractivity contribution in [2.45, 2.75) is 25.0 Å². The molecule has 3 rings (SSSR count). The van der Waals surface area contributed by atoms with Crippen LogP contribution in [-0.2, 0) is 9.53 Å². The van der Waals surface area contributed by atoms with Gasteiger partial charge in [0.1, 0.15) is 5.75 Å². The highest BCUT2D eigenvalue weighted by atomic mass is 32.2. The molecule has 0 spiro atoms. The number of anilines is 1. The van der Waals surface area contributed by atoms with E-state index in [9.17, 15) is 14.4 Å². The smallest absolute Gasteiger partial charge is 0.261 e. The number of fused-ring (bicyclic) bond motifs is 1. The Morgan fingerprint density at radius 1 is 1.09 bits per heavy atom. The summed E-state index contributed by atoms with van der Waals surface area (Å²) < 4.78 is 10.9. The number of carbonyl (C=O) groups is 3. The first kappa shape index (κ1) is 24.7. The number of ether oxygens (including phenoxy) is 2. The number of thiocarbonyl (C=S) groups is 1. The second-order valence-corrected chi connectivity index (χ2v) is 9.28. The Balaban J connectivity index is 1.68. The molecular formula is C24H26N2O5S2. The van der Waals surface area contributed by atoms with E-state index in [2.05, 4.69) is 0 Å². The van der Waals surface area contributed by atoms with Crippen molar-refractivity contribution in [1.29, 1.82) is 0 Å². The SMILES string of the molecule is CCOC(=S)SC(CCC(=O)N(C)c1ccc(OC)cc1)CN1C(=O)c2ccccc2C1=O. The molecule has 1 heterocycles. The van der Waals surface area contributed by atoms with Crippen LogP contribution in [0.4, 0.5) is 5.69 Å². The van der Waals surface area contributed by atoms with E-state index < -0.39 is 0 Å². The molecule has 1 aliphatic heterocycles. The van der Waals surface area contributed by atoms with Crippen molar-refractivity contribution in [2.24, 2.45) is 0 Å². The summed E-state index contributed by atoms with van der Waals surface area (Å²) in [6, 6.07) is 14.0. The lowest BCUT2D eigenvalue weighted by atomic mass is 10.1. The zero-order valence-corrected chi connectivity index (χ0v) is 20.4. The minimum Gasteiger partial charge on any atom is -0.497 e. The third kappa shape index (κ3) is 5.91. The van der Waals surface area contributed by atoms with E-state index in [0.29, 0.717) is 34.3 Å². The van der Waals surface area contributed by atoms with Crippen LogP contribution in [0, 0.1) is 0 Å². The summed E-state index contributed by atoms with van der Waals surface area (Å²) in [4.78, 5) is 41.2. The molecule has 0 fully saturated rings. The molecule has 0 saturated heterocycles. The van der Waals surface area contributed by atoms with E-state index in [1.807, 2.05) is 19.1 Å². The maximum Gasteiger partial charge on any atom is 0.261 e. The minimum atomic E-state index is -0.329. The van der Waals surface area contributed by atoms with E-state index in [1.165, 1.54) is 16.7 Å². The van der Waals surface area contributed by atoms with Gasteiger partial charge >= 0.3 is 0 Å². The molecule has 33 heavy (non-hydrogen) atoms. The molecule has 0 saturated carbocycles. The molecule has 1 atom stereocenters. The van der Waals surface area contributed by atoms with Gasteiger partial charge < -0.3 is 14.4 Å². The molecule has 1 aliphatic rings. The summed E-state index contributed by atoms with van der Waals surface area (Å²) in [6.45, 7) is 2.40. The second kappa shape index (κ2) is 11.3. The molecule has 0 bridgehead atoms. The van der Waals surface area contributed by atoms with Crippen LogP contribution >= 0.6 is 24.0 Å². The van der Waals surface area contributed by atoms with E-state index in [4.69, 9.17) is 21.7 Å². The van der Waals surface area contributed by atoms with Gasteiger partial charge in [-0.05, 0) is 62.0 Å². The Morgan fingerprint density at radius 3 is 2.24 bits per heavy atom. The third-order valence-electron chi connectivity index (χ3n) is 5.30. The average molecular weight is 487 g/mol. The predicted octanol–water partition coefficient (Wildman–Crippen LogP) is 4.16. The molecule has 2 aromatic rings. The van der Waals surface area contributed by atoms with Gasteiger partial charge in [-0.3, -0.25) is 19.3 Å². The zero-order valence-electron chi connectivity index (χ0n) is 18.8. The quantitative estimate of drug-likeness (QED) is 0.389. The molecule has 0 radical (unpaired) electrons. The number of carbonyl (C=O) groups excluding carboxylic acids is 3. The lowest BCUT2D eigenvalue weighted by Gasteiger charge is -2.23. The number of hydrogen-bond donors (Lipinski definition) is 0. The van der Waals surface area contributed by atoms with Gasteiger partial charge in [0.25, 0.3) is 11.8 Å². The molecule has 2 aromatic carbocycles. The largest absolute Gasteiger partial charge is 0.497 e. The topological polar surface area (TPSA) is 76.2 Å². The van der Waals surface area contributed by atoms with E-state index >= 15 is 0 Å². The minimum absolute atomic E-state index is 0.0875. The Bertz CT molecular complexity index is 1010. The van der Waals surface area contributed by atoms with Crippen LogP contribution in [0.1, 0.15) is 40.5 Å². The molecule has 1 unspecified atom stereocenters. The van der Waals surface area contributed by atoms with Crippen molar-refractivity contribution >= 4 is 51.8 Å². The van der Waals surface area contributed by atoms with E-state index in [1.54, 1.807) is 55.5 Å². The van der Waals surface area contributed by atoms with Crippen LogP contribution in [-0.4, -0.2) is 59.6 Å². The third-order valence-corrected chi connectivity index (χ3v) is 6.74. The summed E-state index contributed by atoms with van der Waals surface area (Å²) in [5.41, 5.74) is 1.54. The monoisotopic (exact) mass is 486 g/mol. The summed E-state index contributed by atoms with van der Waals surface area (Å²) in [6.07, 6.45) is 0.642. The highest BCUT2D eigenvalue weighted by molar-refractivity contribution is 8.23. The Hall–Kier alpha value is -2.91. The first-order valence-corrected chi connectivity index (χ1v) is 11.8. The van der Waals surface area contributed by atoms with Crippen molar-refractivity contribution in [1.82, 2.24) is 4.90 Å². The van der Waals surface area contributed by atoms with Crippen molar-refractivity contribution in [3.8, 4) is 5.75 Å². The van der Waals surface area contributed by atoms with Gasteiger partial charge in [0.15, 0.2) is 0 Å². The Morgan fingerprint density at radius 2 is 1.70 bits per heavy atom. The zero-order chi connectivity index (χ0) is 24.0. The summed E-state index contributed by atoms with van der Waals surface area (Å²) in [7, 11) is 3.30. The standard InChI is InChI=1S/C24H26N2O5S2/c1-4-31-24(32)33-18(15-26-22(28)19-7-5-6-8-20(19)23(26)29)13-14-21(27)25(2)16-9-11-17(30-3)12-10-16/h5-12,18H,4,13-15H2,1-3H3. The van der Waals surface area contributed by atoms with Gasteiger partial charge in [-0.2, -0.15) is 0 Å². The molecule has 0 aliphatic carbocycles. The molecule has 3 amide bonds. The first-order valence-electron chi connectivity index (χ1n) is 10.5. The normalized spacial score (nSPS) is 13.5. The number of benzene rings is 2. The number of nitrogens with zero attached hydrogens (tertiary/aromatic N) is 2. The summed E-state index contributed by atoms with van der Waals surface area (Å²) in [5.74, 6) is -0.0349. The summed E-state index contributed by atoms with van der Waals surface area (Å²) in [5, 5.41) is -0.278. The highest BCUT2D eigenvalue weighted by Gasteiger charge is 2.36. The first-order chi connectivity index (χ1) is 15.8. The van der Waals surface area contributed by atoms with Gasteiger partial charge in [0.05, 0.1) is 24.8 Å². The van der Waals surface area contributed by atoms with Gasteiger partial charge in [-0.15, -0.1) is 0 Å². The van der Waals surface area contributed by atoms with Crippen molar-refractivity contribution in [2.75, 3.05) is 32.2 Å². The maximum absolute atomic E-state index is 12.8. The molecule has 9 heteroatoms. The van der Waals surface area contributed by atoms with Crippen molar-refractivity contribution < 1.29 is 23.9 Å². The fraction of sp³-hybridized carbons (Fsp3) is 0.333. The molecular weight excluding hydrogens is 460 g/mol. The number of methoxy groups -OCH3 is 1. The van der Waals surface area contributed by atoms with Crippen LogP contribution in [0.15, 0.2) is 48.5 Å². The molecule has 174 valence electrons. The van der Waals surface area contributed by atoms with Crippen LogP contribution < -0.4 is 9.64 Å². The number of thioether (sulfide) groups is 1. The number of imide groups is 1. The molecule has 0 N–H and O–H groups in total. The number of hydrogen-bond acceptors (Lipinski definition) is 7. The van der Waals surface area contributed by atoms with Crippen LogP contribution in [0.3, 0.4) is 0 Å². The van der Waals surface area contributed by atoms with Crippen LogP contribution in [0.5, 0.6) is 5.75 Å². The lowest BCUT2D eigenvalue weighted by molar-refractivity contribution is -0.118. The Labute approximate surface area is 203 Å². The predicted molar refractivity (Wildman–Crippen MR) is 133 cm³/mol. The van der Waals surface area contributed by atoms with E-state index in [-0.39, 0.29) is 35.9 Å². The Kier molecular flexibility index (Phi) is 8.46. The van der Waals surface area contributed by atoms with Crippen molar-refractivity contribution in [3.05, 3.63) is 59.7 Å². The van der Waals surface area contributed by atoms with Crippen molar-refractivity contribution in [3.63, 3.8) is 0 Å². The lowest BCUT2D eigenvalue weighted by Crippen LogP contribution is -2.37. The van der Waals surface area contributed by atoms with Crippen LogP contribution in [0.25, 0.3) is 0 Å². The molecule has 0 aromatic heterocycles. The van der Waals surface area contributed by atoms with Gasteiger partial charge in [-0.1, -0.05) is 23.9 Å². The number of amides is 3. The van der Waals surface area contributed by atoms with Crippen LogP contribution in [0.2, 0.25) is 0 Å².